The molecule has 9 heteroatoms. The Balaban J connectivity index is 1.79. The van der Waals surface area contributed by atoms with Crippen molar-refractivity contribution >= 4 is 22.5 Å². The molecular weight excluding hydrogens is 437 g/mol. The molecule has 2 aromatic carbocycles. The maximum absolute atomic E-state index is 14.5. The second kappa shape index (κ2) is 9.56. The van der Waals surface area contributed by atoms with Crippen LogP contribution in [-0.2, 0) is 11.3 Å². The molecule has 34 heavy (non-hydrogen) atoms. The van der Waals surface area contributed by atoms with Gasteiger partial charge in [-0.2, -0.15) is 5.10 Å². The Morgan fingerprint density at radius 2 is 1.82 bits per heavy atom. The number of nitrogens with zero attached hydrogens (tertiary/aromatic N) is 3. The Morgan fingerprint density at radius 1 is 1.06 bits per heavy atom. The van der Waals surface area contributed by atoms with Gasteiger partial charge in [0, 0.05) is 31.1 Å². The molecule has 3 N–H and O–H groups in total. The number of fused-ring (bicyclic) bond motifs is 1. The minimum atomic E-state index is -0.551. The van der Waals surface area contributed by atoms with Crippen LogP contribution in [0.25, 0.3) is 11.0 Å². The Hall–Kier alpha value is -3.85. The number of anilines is 2. The summed E-state index contributed by atoms with van der Waals surface area (Å²) in [5, 5.41) is 8.86. The lowest BCUT2D eigenvalue weighted by atomic mass is 10.1. The molecule has 4 rings (SSSR count). The van der Waals surface area contributed by atoms with E-state index in [4.69, 9.17) is 25.0 Å². The van der Waals surface area contributed by atoms with E-state index in [0.717, 1.165) is 11.3 Å². The molecule has 178 valence electrons. The molecule has 0 spiro atoms. The molecule has 2 aromatic heterocycles. The van der Waals surface area contributed by atoms with Gasteiger partial charge in [-0.3, -0.25) is 0 Å². The minimum Gasteiger partial charge on any atom is -0.497 e. The highest BCUT2D eigenvalue weighted by Crippen LogP contribution is 2.36. The second-order valence-corrected chi connectivity index (χ2v) is 8.60. The topological polar surface area (TPSA) is 96.5 Å². The number of halogens is 1. The van der Waals surface area contributed by atoms with Gasteiger partial charge in [0.2, 0.25) is 0 Å². The van der Waals surface area contributed by atoms with E-state index in [1.54, 1.807) is 37.2 Å². The molecule has 0 amide bonds. The average Bonchev–Trinajstić information content (AvgIpc) is 3.13. The van der Waals surface area contributed by atoms with Crippen LogP contribution in [0.1, 0.15) is 19.4 Å². The van der Waals surface area contributed by atoms with E-state index in [-0.39, 0.29) is 5.75 Å². The number of aromatic nitrogens is 3. The second-order valence-electron chi connectivity index (χ2n) is 8.60. The number of ether oxygens (including phenoxy) is 3. The highest BCUT2D eigenvalue weighted by molar-refractivity contribution is 5.93. The number of pyridine rings is 1. The SMILES string of the molecule is COCC(C)(C)Nc1nn(Cc2ccc(OC)cc2)c2nccc(Oc3ccc(N)cc3F)c12. The lowest BCUT2D eigenvalue weighted by molar-refractivity contribution is 0.158. The van der Waals surface area contributed by atoms with Gasteiger partial charge in [0.1, 0.15) is 16.9 Å². The molecule has 0 aliphatic rings. The van der Waals surface area contributed by atoms with Gasteiger partial charge in [-0.05, 0) is 43.7 Å². The third-order valence-corrected chi connectivity index (χ3v) is 5.22. The van der Waals surface area contributed by atoms with Gasteiger partial charge in [-0.1, -0.05) is 12.1 Å². The van der Waals surface area contributed by atoms with Gasteiger partial charge < -0.3 is 25.3 Å². The van der Waals surface area contributed by atoms with Crippen molar-refractivity contribution < 1.29 is 18.6 Å². The van der Waals surface area contributed by atoms with Crippen LogP contribution >= 0.6 is 0 Å². The predicted molar refractivity (Wildman–Crippen MR) is 130 cm³/mol. The van der Waals surface area contributed by atoms with E-state index in [0.29, 0.717) is 41.4 Å². The fraction of sp³-hybridized carbons (Fsp3) is 0.280. The predicted octanol–water partition coefficient (Wildman–Crippen LogP) is 4.84. The minimum absolute atomic E-state index is 0.0618. The van der Waals surface area contributed by atoms with E-state index in [2.05, 4.69) is 10.3 Å². The zero-order chi connectivity index (χ0) is 24.3. The van der Waals surface area contributed by atoms with Crippen LogP contribution in [-0.4, -0.2) is 41.1 Å². The normalized spacial score (nSPS) is 11.6. The molecule has 0 fully saturated rings. The van der Waals surface area contributed by atoms with Crippen molar-refractivity contribution in [3.8, 4) is 17.2 Å². The number of methoxy groups -OCH3 is 2. The zero-order valence-corrected chi connectivity index (χ0v) is 19.6. The first-order chi connectivity index (χ1) is 16.3. The molecule has 2 heterocycles. The van der Waals surface area contributed by atoms with Crippen molar-refractivity contribution in [2.75, 3.05) is 31.9 Å². The molecule has 0 unspecified atom stereocenters. The summed E-state index contributed by atoms with van der Waals surface area (Å²) in [7, 11) is 3.27. The summed E-state index contributed by atoms with van der Waals surface area (Å²) in [6.45, 7) is 4.92. The summed E-state index contributed by atoms with van der Waals surface area (Å²) in [6.07, 6.45) is 1.61. The fourth-order valence-electron chi connectivity index (χ4n) is 3.69. The number of nitrogens with one attached hydrogen (secondary N) is 1. The van der Waals surface area contributed by atoms with E-state index in [1.165, 1.54) is 12.1 Å². The summed E-state index contributed by atoms with van der Waals surface area (Å²) < 4.78 is 32.8. The van der Waals surface area contributed by atoms with E-state index in [1.807, 2.05) is 38.1 Å². The van der Waals surface area contributed by atoms with Crippen LogP contribution in [0, 0.1) is 5.82 Å². The smallest absolute Gasteiger partial charge is 0.167 e. The molecule has 0 saturated heterocycles. The average molecular weight is 466 g/mol. The molecular formula is C25H28FN5O3. The van der Waals surface area contributed by atoms with Gasteiger partial charge in [-0.25, -0.2) is 14.1 Å². The van der Waals surface area contributed by atoms with E-state index >= 15 is 0 Å². The third-order valence-electron chi connectivity index (χ3n) is 5.22. The molecule has 0 aliphatic heterocycles. The summed E-state index contributed by atoms with van der Waals surface area (Å²) in [4.78, 5) is 4.56. The largest absolute Gasteiger partial charge is 0.497 e. The zero-order valence-electron chi connectivity index (χ0n) is 19.6. The standard InChI is InChI=1S/C25H28FN5O3/c1-25(2,15-32-3)29-23-22-21(34-20-10-7-17(27)13-19(20)26)11-12-28-24(22)31(30-23)14-16-5-8-18(33-4)9-6-16/h5-13H,14-15,27H2,1-4H3,(H,29,30). The van der Waals surface area contributed by atoms with Gasteiger partial charge in [-0.15, -0.1) is 0 Å². The lowest BCUT2D eigenvalue weighted by Gasteiger charge is -2.25. The van der Waals surface area contributed by atoms with E-state index < -0.39 is 11.4 Å². The van der Waals surface area contributed by atoms with Gasteiger partial charge in [0.15, 0.2) is 23.0 Å². The van der Waals surface area contributed by atoms with Crippen LogP contribution in [0.5, 0.6) is 17.2 Å². The quantitative estimate of drug-likeness (QED) is 0.342. The molecule has 0 bridgehead atoms. The first-order valence-electron chi connectivity index (χ1n) is 10.8. The Labute approximate surface area is 197 Å². The summed E-state index contributed by atoms with van der Waals surface area (Å²) in [5.74, 6) is 1.27. The Morgan fingerprint density at radius 3 is 2.50 bits per heavy atom. The van der Waals surface area contributed by atoms with Gasteiger partial charge >= 0.3 is 0 Å². The molecule has 0 aliphatic carbocycles. The van der Waals surface area contributed by atoms with Crippen molar-refractivity contribution in [2.24, 2.45) is 0 Å². The van der Waals surface area contributed by atoms with Crippen molar-refractivity contribution in [1.29, 1.82) is 0 Å². The maximum Gasteiger partial charge on any atom is 0.167 e. The van der Waals surface area contributed by atoms with Crippen LogP contribution < -0.4 is 20.5 Å². The molecule has 8 nitrogen and oxygen atoms in total. The Bertz CT molecular complexity index is 1290. The number of hydrogen-bond acceptors (Lipinski definition) is 7. The molecule has 4 aromatic rings. The summed E-state index contributed by atoms with van der Waals surface area (Å²) in [6, 6.07) is 13.7. The van der Waals surface area contributed by atoms with Gasteiger partial charge in [0.25, 0.3) is 0 Å². The summed E-state index contributed by atoms with van der Waals surface area (Å²) >= 11 is 0. The third kappa shape index (κ3) is 5.04. The van der Waals surface area contributed by atoms with Gasteiger partial charge in [0.05, 0.1) is 25.8 Å². The van der Waals surface area contributed by atoms with Crippen LogP contribution in [0.15, 0.2) is 54.7 Å². The summed E-state index contributed by atoms with van der Waals surface area (Å²) in [5.41, 5.74) is 7.19. The van der Waals surface area contributed by atoms with Crippen LogP contribution in [0.4, 0.5) is 15.9 Å². The highest BCUT2D eigenvalue weighted by Gasteiger charge is 2.24. The number of rotatable bonds is 9. The fourth-order valence-corrected chi connectivity index (χ4v) is 3.69. The van der Waals surface area contributed by atoms with E-state index in [9.17, 15) is 4.39 Å². The lowest BCUT2D eigenvalue weighted by Crippen LogP contribution is -2.36. The number of nitrogens with two attached hydrogens (primary N) is 1. The van der Waals surface area contributed by atoms with Crippen LogP contribution in [0.3, 0.4) is 0 Å². The van der Waals surface area contributed by atoms with Crippen molar-refractivity contribution in [2.45, 2.75) is 25.9 Å². The monoisotopic (exact) mass is 465 g/mol. The van der Waals surface area contributed by atoms with Crippen LogP contribution in [0.2, 0.25) is 0 Å². The highest BCUT2D eigenvalue weighted by atomic mass is 19.1. The number of nitrogen functional groups attached to an aromatic ring is 1. The molecule has 0 saturated carbocycles. The van der Waals surface area contributed by atoms with Crippen molar-refractivity contribution in [3.63, 3.8) is 0 Å². The Kier molecular flexibility index (Phi) is 6.56. The van der Waals surface area contributed by atoms with Crippen molar-refractivity contribution in [1.82, 2.24) is 14.8 Å². The first-order valence-corrected chi connectivity index (χ1v) is 10.8. The first kappa shape index (κ1) is 23.3. The maximum atomic E-state index is 14.5. The number of hydrogen-bond donors (Lipinski definition) is 2. The molecule has 0 atom stereocenters. The number of benzene rings is 2. The molecule has 0 radical (unpaired) electrons. The van der Waals surface area contributed by atoms with Crippen molar-refractivity contribution in [3.05, 3.63) is 66.1 Å².